The number of carbonyl (C=O) groups excluding carboxylic acids is 2. The van der Waals surface area contributed by atoms with Gasteiger partial charge in [-0.25, -0.2) is 9.59 Å². The van der Waals surface area contributed by atoms with Gasteiger partial charge in [0.15, 0.2) is 0 Å². The number of likely N-dealkylation sites (tertiary alicyclic amines) is 2. The number of amides is 3. The van der Waals surface area contributed by atoms with E-state index in [2.05, 4.69) is 29.4 Å². The van der Waals surface area contributed by atoms with Crippen molar-refractivity contribution in [1.82, 2.24) is 20.4 Å². The Morgan fingerprint density at radius 3 is 2.22 bits per heavy atom. The Bertz CT molecular complexity index is 456. The average Bonchev–Trinajstić information content (AvgIpc) is 2.92. The smallest absolute Gasteiger partial charge is 0.409 e. The van der Waals surface area contributed by atoms with E-state index in [0.29, 0.717) is 38.2 Å². The molecule has 1 atom stereocenters. The van der Waals surface area contributed by atoms with Crippen LogP contribution in [0.25, 0.3) is 0 Å². The molecule has 2 fully saturated rings. The summed E-state index contributed by atoms with van der Waals surface area (Å²) < 4.78 is 5.03. The lowest BCUT2D eigenvalue weighted by atomic mass is 10.0. The molecule has 0 aromatic carbocycles. The second-order valence-electron chi connectivity index (χ2n) is 8.08. The van der Waals surface area contributed by atoms with Crippen LogP contribution in [0.3, 0.4) is 0 Å². The van der Waals surface area contributed by atoms with Gasteiger partial charge in [-0.05, 0) is 51.6 Å². The highest BCUT2D eigenvalue weighted by atomic mass is 16.6. The van der Waals surface area contributed by atoms with Gasteiger partial charge in [-0.1, -0.05) is 26.7 Å². The molecule has 2 aliphatic rings. The Morgan fingerprint density at radius 1 is 1.04 bits per heavy atom. The number of nitrogens with zero attached hydrogens (tertiary/aromatic N) is 2. The quantitative estimate of drug-likeness (QED) is 0.741. The summed E-state index contributed by atoms with van der Waals surface area (Å²) in [6, 6.07) is 0.413. The van der Waals surface area contributed by atoms with Crippen molar-refractivity contribution < 1.29 is 14.3 Å². The number of piperidine rings is 1. The topological polar surface area (TPSA) is 73.9 Å². The number of rotatable bonds is 6. The third-order valence-electron chi connectivity index (χ3n) is 5.71. The highest BCUT2D eigenvalue weighted by Crippen LogP contribution is 2.17. The molecule has 2 aliphatic heterocycles. The van der Waals surface area contributed by atoms with E-state index in [1.54, 1.807) is 4.90 Å². The Balaban J connectivity index is 1.72. The first-order valence-corrected chi connectivity index (χ1v) is 10.7. The van der Waals surface area contributed by atoms with Gasteiger partial charge in [-0.2, -0.15) is 0 Å². The first kappa shape index (κ1) is 21.8. The molecule has 2 N–H and O–H groups in total. The molecular formula is C20H38N4O3. The van der Waals surface area contributed by atoms with Gasteiger partial charge < -0.3 is 20.3 Å². The standard InChI is InChI=1S/C20H38N4O3/c1-4-27-20(26)24-13-9-17(10-14-24)22-19(25)21-15-18(16(2)3)23-11-7-5-6-8-12-23/h16-18H,4-15H2,1-3H3,(H2,21,22,25). The highest BCUT2D eigenvalue weighted by molar-refractivity contribution is 5.74. The van der Waals surface area contributed by atoms with E-state index in [9.17, 15) is 9.59 Å². The minimum absolute atomic E-state index is 0.0925. The highest BCUT2D eigenvalue weighted by Gasteiger charge is 2.26. The van der Waals surface area contributed by atoms with E-state index in [-0.39, 0.29) is 18.2 Å². The monoisotopic (exact) mass is 382 g/mol. The van der Waals surface area contributed by atoms with Crippen molar-refractivity contribution in [2.24, 2.45) is 5.92 Å². The summed E-state index contributed by atoms with van der Waals surface area (Å²) in [5.74, 6) is 0.510. The van der Waals surface area contributed by atoms with Crippen LogP contribution in [0.4, 0.5) is 9.59 Å². The van der Waals surface area contributed by atoms with Crippen LogP contribution in [0, 0.1) is 5.92 Å². The van der Waals surface area contributed by atoms with Crippen molar-refractivity contribution in [1.29, 1.82) is 0 Å². The third kappa shape index (κ3) is 7.20. The zero-order chi connectivity index (χ0) is 19.6. The first-order chi connectivity index (χ1) is 13.0. The molecule has 0 bridgehead atoms. The maximum Gasteiger partial charge on any atom is 0.409 e. The molecule has 7 nitrogen and oxygen atoms in total. The van der Waals surface area contributed by atoms with E-state index in [0.717, 1.165) is 25.9 Å². The molecule has 0 aromatic heterocycles. The van der Waals surface area contributed by atoms with Gasteiger partial charge in [0.2, 0.25) is 0 Å². The molecule has 7 heteroatoms. The molecule has 156 valence electrons. The van der Waals surface area contributed by atoms with Crippen molar-refractivity contribution in [3.8, 4) is 0 Å². The summed E-state index contributed by atoms with van der Waals surface area (Å²) in [6.07, 6.45) is 6.44. The van der Waals surface area contributed by atoms with Gasteiger partial charge in [0.05, 0.1) is 6.61 Å². The fourth-order valence-corrected chi connectivity index (χ4v) is 4.07. The van der Waals surface area contributed by atoms with Crippen molar-refractivity contribution in [3.63, 3.8) is 0 Å². The molecule has 2 rings (SSSR count). The molecule has 0 saturated carbocycles. The summed E-state index contributed by atoms with van der Waals surface area (Å²) in [6.45, 7) is 10.9. The predicted octanol–water partition coefficient (Wildman–Crippen LogP) is 2.81. The fourth-order valence-electron chi connectivity index (χ4n) is 4.07. The number of ether oxygens (including phenoxy) is 1. The Labute approximate surface area is 164 Å². The van der Waals surface area contributed by atoms with Crippen molar-refractivity contribution in [2.45, 2.75) is 71.4 Å². The van der Waals surface area contributed by atoms with E-state index in [4.69, 9.17) is 4.74 Å². The van der Waals surface area contributed by atoms with Crippen molar-refractivity contribution >= 4 is 12.1 Å². The molecule has 27 heavy (non-hydrogen) atoms. The molecule has 1 unspecified atom stereocenters. The summed E-state index contributed by atoms with van der Waals surface area (Å²) in [5, 5.41) is 6.16. The Hall–Kier alpha value is -1.50. The Kier molecular flexibility index (Phi) is 9.18. The number of carbonyl (C=O) groups is 2. The van der Waals surface area contributed by atoms with Gasteiger partial charge in [-0.15, -0.1) is 0 Å². The van der Waals surface area contributed by atoms with E-state index >= 15 is 0 Å². The Morgan fingerprint density at radius 2 is 1.67 bits per heavy atom. The number of hydrogen-bond donors (Lipinski definition) is 2. The molecular weight excluding hydrogens is 344 g/mol. The molecule has 0 spiro atoms. The van der Waals surface area contributed by atoms with Gasteiger partial charge in [0, 0.05) is 31.7 Å². The zero-order valence-corrected chi connectivity index (χ0v) is 17.3. The van der Waals surface area contributed by atoms with Gasteiger partial charge >= 0.3 is 12.1 Å². The number of nitrogens with one attached hydrogen (secondary N) is 2. The summed E-state index contributed by atoms with van der Waals surface area (Å²) in [7, 11) is 0. The molecule has 0 aliphatic carbocycles. The summed E-state index contributed by atoms with van der Waals surface area (Å²) in [5.41, 5.74) is 0. The van der Waals surface area contributed by atoms with Crippen LogP contribution >= 0.6 is 0 Å². The molecule has 3 amide bonds. The molecule has 0 radical (unpaired) electrons. The molecule has 2 saturated heterocycles. The maximum atomic E-state index is 12.4. The normalized spacial score (nSPS) is 20.8. The van der Waals surface area contributed by atoms with Crippen LogP contribution in [0.2, 0.25) is 0 Å². The van der Waals surface area contributed by atoms with Crippen molar-refractivity contribution in [2.75, 3.05) is 39.3 Å². The number of hydrogen-bond acceptors (Lipinski definition) is 4. The van der Waals surface area contributed by atoms with Crippen molar-refractivity contribution in [3.05, 3.63) is 0 Å². The van der Waals surface area contributed by atoms with Crippen LogP contribution in [-0.2, 0) is 4.74 Å². The second kappa shape index (κ2) is 11.4. The average molecular weight is 383 g/mol. The zero-order valence-electron chi connectivity index (χ0n) is 17.3. The van der Waals surface area contributed by atoms with Gasteiger partial charge in [0.1, 0.15) is 0 Å². The number of urea groups is 1. The van der Waals surface area contributed by atoms with Crippen LogP contribution in [-0.4, -0.2) is 73.3 Å². The first-order valence-electron chi connectivity index (χ1n) is 10.7. The molecule has 0 aromatic rings. The van der Waals surface area contributed by atoms with Crippen LogP contribution in [0.15, 0.2) is 0 Å². The molecule has 2 heterocycles. The van der Waals surface area contributed by atoms with Crippen LogP contribution in [0.5, 0.6) is 0 Å². The summed E-state index contributed by atoms with van der Waals surface area (Å²) in [4.78, 5) is 28.4. The summed E-state index contributed by atoms with van der Waals surface area (Å²) >= 11 is 0. The largest absolute Gasteiger partial charge is 0.450 e. The lowest BCUT2D eigenvalue weighted by Gasteiger charge is -2.34. The van der Waals surface area contributed by atoms with Crippen LogP contribution in [0.1, 0.15) is 59.3 Å². The SMILES string of the molecule is CCOC(=O)N1CCC(NC(=O)NCC(C(C)C)N2CCCCCC2)CC1. The third-order valence-corrected chi connectivity index (χ3v) is 5.71. The maximum absolute atomic E-state index is 12.4. The lowest BCUT2D eigenvalue weighted by molar-refractivity contribution is 0.0956. The van der Waals surface area contributed by atoms with Gasteiger partial charge in [-0.3, -0.25) is 4.90 Å². The van der Waals surface area contributed by atoms with E-state index in [1.165, 1.54) is 25.7 Å². The van der Waals surface area contributed by atoms with Crippen LogP contribution < -0.4 is 10.6 Å². The minimum atomic E-state index is -0.252. The minimum Gasteiger partial charge on any atom is -0.450 e. The van der Waals surface area contributed by atoms with Gasteiger partial charge in [0.25, 0.3) is 0 Å². The van der Waals surface area contributed by atoms with E-state index in [1.807, 2.05) is 6.92 Å². The van der Waals surface area contributed by atoms with E-state index < -0.39 is 0 Å². The second-order valence-corrected chi connectivity index (χ2v) is 8.08. The fraction of sp³-hybridized carbons (Fsp3) is 0.900. The predicted molar refractivity (Wildman–Crippen MR) is 107 cm³/mol. The lowest BCUT2D eigenvalue weighted by Crippen LogP contribution is -2.52.